The van der Waals surface area contributed by atoms with E-state index >= 15 is 0 Å². The van der Waals surface area contributed by atoms with Gasteiger partial charge in [-0.05, 0) is 79.7 Å². The molecule has 0 saturated carbocycles. The molecule has 0 radical (unpaired) electrons. The quantitative estimate of drug-likeness (QED) is 0.155. The third-order valence-corrected chi connectivity index (χ3v) is 8.15. The van der Waals surface area contributed by atoms with Crippen molar-refractivity contribution in [2.75, 3.05) is 16.8 Å². The zero-order valence-electron chi connectivity index (χ0n) is 24.8. The van der Waals surface area contributed by atoms with Crippen LogP contribution in [0.25, 0.3) is 6.08 Å². The van der Waals surface area contributed by atoms with Crippen LogP contribution in [0.15, 0.2) is 114 Å². The maximum Gasteiger partial charge on any atom is 0.272 e. The van der Waals surface area contributed by atoms with Crippen molar-refractivity contribution < 1.29 is 28.7 Å². The van der Waals surface area contributed by atoms with E-state index in [0.29, 0.717) is 39.8 Å². The number of imide groups is 1. The summed E-state index contributed by atoms with van der Waals surface area (Å²) in [6.07, 6.45) is 1.57. The van der Waals surface area contributed by atoms with Crippen molar-refractivity contribution in [2.45, 2.75) is 23.5 Å². The lowest BCUT2D eigenvalue weighted by Crippen LogP contribution is -2.31. The van der Waals surface area contributed by atoms with Crippen LogP contribution in [-0.4, -0.2) is 41.4 Å². The van der Waals surface area contributed by atoms with Crippen LogP contribution in [0.4, 0.5) is 11.4 Å². The van der Waals surface area contributed by atoms with Crippen molar-refractivity contribution >= 4 is 58.7 Å². The summed E-state index contributed by atoms with van der Waals surface area (Å²) in [5.41, 5.74) is 7.40. The van der Waals surface area contributed by atoms with Crippen LogP contribution in [0.5, 0.6) is 5.75 Å². The first-order valence-electron chi connectivity index (χ1n) is 14.4. The van der Waals surface area contributed by atoms with Crippen molar-refractivity contribution in [3.63, 3.8) is 0 Å². The molecule has 1 saturated heterocycles. The number of carbonyl (C=O) groups is 5. The van der Waals surface area contributed by atoms with E-state index in [-0.39, 0.29) is 29.5 Å². The van der Waals surface area contributed by atoms with E-state index in [1.807, 2.05) is 13.0 Å². The number of amides is 5. The summed E-state index contributed by atoms with van der Waals surface area (Å²) in [4.78, 5) is 65.5. The second-order valence-corrected chi connectivity index (χ2v) is 11.4. The monoisotopic (exact) mass is 634 g/mol. The normalized spacial score (nSPS) is 14.6. The molecule has 4 aromatic carbocycles. The van der Waals surface area contributed by atoms with Gasteiger partial charge < -0.3 is 21.1 Å². The Balaban J connectivity index is 1.29. The van der Waals surface area contributed by atoms with Gasteiger partial charge in [-0.15, -0.1) is 11.8 Å². The van der Waals surface area contributed by atoms with Gasteiger partial charge in [0.05, 0.1) is 17.5 Å². The lowest BCUT2D eigenvalue weighted by molar-refractivity contribution is -0.121. The fourth-order valence-electron chi connectivity index (χ4n) is 4.71. The predicted molar refractivity (Wildman–Crippen MR) is 176 cm³/mol. The second-order valence-electron chi connectivity index (χ2n) is 10.1. The number of nitrogens with two attached hydrogens (primary N) is 1. The Hall–Kier alpha value is -5.68. The largest absolute Gasteiger partial charge is 0.493 e. The third kappa shape index (κ3) is 7.51. The minimum atomic E-state index is -0.642. The van der Waals surface area contributed by atoms with Crippen LogP contribution in [0.1, 0.15) is 39.6 Å². The van der Waals surface area contributed by atoms with Crippen LogP contribution >= 0.6 is 11.8 Å². The summed E-state index contributed by atoms with van der Waals surface area (Å²) in [5, 5.41) is 4.89. The summed E-state index contributed by atoms with van der Waals surface area (Å²) in [5.74, 6) is -1.75. The molecule has 232 valence electrons. The first kappa shape index (κ1) is 31.7. The predicted octanol–water partition coefficient (Wildman–Crippen LogP) is 5.02. The molecule has 4 N–H and O–H groups in total. The average molecular weight is 635 g/mol. The van der Waals surface area contributed by atoms with E-state index in [1.54, 1.807) is 78.9 Å². The molecule has 1 atom stereocenters. The van der Waals surface area contributed by atoms with Crippen molar-refractivity contribution in [1.82, 2.24) is 5.32 Å². The van der Waals surface area contributed by atoms with E-state index < -0.39 is 23.0 Å². The molecule has 0 aromatic heterocycles. The zero-order valence-corrected chi connectivity index (χ0v) is 25.6. The number of thioether (sulfide) groups is 1. The van der Waals surface area contributed by atoms with Gasteiger partial charge in [-0.2, -0.15) is 0 Å². The van der Waals surface area contributed by atoms with Gasteiger partial charge in [0.25, 0.3) is 11.8 Å². The fourth-order valence-corrected chi connectivity index (χ4v) is 5.76. The molecule has 1 fully saturated rings. The number of hydrogen-bond donors (Lipinski definition) is 3. The molecule has 0 spiro atoms. The van der Waals surface area contributed by atoms with E-state index in [2.05, 4.69) is 10.6 Å². The van der Waals surface area contributed by atoms with Crippen molar-refractivity contribution in [2.24, 2.45) is 5.73 Å². The summed E-state index contributed by atoms with van der Waals surface area (Å²) in [6.45, 7) is 2.28. The summed E-state index contributed by atoms with van der Waals surface area (Å²) in [7, 11) is 0. The van der Waals surface area contributed by atoms with Gasteiger partial charge in [-0.1, -0.05) is 36.4 Å². The van der Waals surface area contributed by atoms with Gasteiger partial charge in [0.2, 0.25) is 17.7 Å². The standard InChI is InChI=1S/C35H30N4O6S/c1-2-45-29-11-7-6-10-24(29)20-28(38-33(42)23-8-4-3-5-9-23)34(43)37-25-14-18-27(19-15-25)46-30-21-31(40)39(35(30)44)26-16-12-22(13-17-26)32(36)41/h3-20,30H,2,21H2,1H3,(H2,36,41)(H,37,43)(H,38,42)/b28-20-. The zero-order chi connectivity index (χ0) is 32.6. The summed E-state index contributed by atoms with van der Waals surface area (Å²) in [6, 6.07) is 28.5. The molecule has 46 heavy (non-hydrogen) atoms. The summed E-state index contributed by atoms with van der Waals surface area (Å²) < 4.78 is 5.70. The minimum Gasteiger partial charge on any atom is -0.493 e. The highest BCUT2D eigenvalue weighted by Crippen LogP contribution is 2.34. The smallest absolute Gasteiger partial charge is 0.272 e. The van der Waals surface area contributed by atoms with Gasteiger partial charge in [0.15, 0.2) is 0 Å². The topological polar surface area (TPSA) is 148 Å². The highest BCUT2D eigenvalue weighted by Gasteiger charge is 2.40. The molecule has 10 nitrogen and oxygen atoms in total. The number of nitrogens with one attached hydrogen (secondary N) is 2. The summed E-state index contributed by atoms with van der Waals surface area (Å²) >= 11 is 1.24. The van der Waals surface area contributed by atoms with E-state index in [4.69, 9.17) is 10.5 Å². The minimum absolute atomic E-state index is 0.0119. The molecule has 5 rings (SSSR count). The van der Waals surface area contributed by atoms with Gasteiger partial charge in [-0.3, -0.25) is 24.0 Å². The third-order valence-electron chi connectivity index (χ3n) is 6.95. The number of rotatable bonds is 11. The molecule has 1 heterocycles. The Bertz CT molecular complexity index is 1810. The van der Waals surface area contributed by atoms with Crippen LogP contribution in [0.2, 0.25) is 0 Å². The lowest BCUT2D eigenvalue weighted by Gasteiger charge is -2.15. The Labute approximate surface area is 269 Å². The molecule has 0 bridgehead atoms. The Morgan fingerprint density at radius 2 is 1.57 bits per heavy atom. The molecule has 5 amide bonds. The second kappa shape index (κ2) is 14.4. The number of primary amides is 1. The highest BCUT2D eigenvalue weighted by molar-refractivity contribution is 8.00. The SMILES string of the molecule is CCOc1ccccc1/C=C(\NC(=O)c1ccccc1)C(=O)Nc1ccc(SC2CC(=O)N(c3ccc(C(N)=O)cc3)C2=O)cc1. The van der Waals surface area contributed by atoms with Gasteiger partial charge in [0.1, 0.15) is 11.4 Å². The van der Waals surface area contributed by atoms with E-state index in [1.165, 1.54) is 36.0 Å². The number of nitrogens with zero attached hydrogens (tertiary/aromatic N) is 1. The maximum absolute atomic E-state index is 13.5. The first-order chi connectivity index (χ1) is 22.2. The Kier molecular flexibility index (Phi) is 9.94. The number of carbonyl (C=O) groups excluding carboxylic acids is 5. The molecule has 4 aromatic rings. The van der Waals surface area contributed by atoms with Crippen LogP contribution in [0, 0.1) is 0 Å². The van der Waals surface area contributed by atoms with E-state index in [9.17, 15) is 24.0 Å². The fraction of sp³-hybridized carbons (Fsp3) is 0.114. The van der Waals surface area contributed by atoms with E-state index in [0.717, 1.165) is 4.90 Å². The first-order valence-corrected chi connectivity index (χ1v) is 15.3. The van der Waals surface area contributed by atoms with Crippen LogP contribution in [0.3, 0.4) is 0 Å². The number of ether oxygens (including phenoxy) is 1. The van der Waals surface area contributed by atoms with Gasteiger partial charge >= 0.3 is 0 Å². The van der Waals surface area contributed by atoms with Crippen LogP contribution < -0.4 is 26.0 Å². The lowest BCUT2D eigenvalue weighted by atomic mass is 10.1. The Morgan fingerprint density at radius 1 is 0.891 bits per heavy atom. The maximum atomic E-state index is 13.5. The molecular formula is C35H30N4O6S. The highest BCUT2D eigenvalue weighted by atomic mass is 32.2. The van der Waals surface area contributed by atoms with Crippen LogP contribution in [-0.2, 0) is 14.4 Å². The van der Waals surface area contributed by atoms with Crippen molar-refractivity contribution in [3.05, 3.63) is 126 Å². The molecule has 1 aliphatic rings. The molecule has 11 heteroatoms. The molecule has 1 unspecified atom stereocenters. The molecular weight excluding hydrogens is 604 g/mol. The number of hydrogen-bond acceptors (Lipinski definition) is 7. The molecule has 0 aliphatic carbocycles. The molecule has 1 aliphatic heterocycles. The Morgan fingerprint density at radius 3 is 2.24 bits per heavy atom. The average Bonchev–Trinajstić information content (AvgIpc) is 3.34. The van der Waals surface area contributed by atoms with Crippen molar-refractivity contribution in [1.29, 1.82) is 0 Å². The van der Waals surface area contributed by atoms with Crippen molar-refractivity contribution in [3.8, 4) is 5.75 Å². The van der Waals surface area contributed by atoms with Gasteiger partial charge in [-0.25, -0.2) is 4.90 Å². The number of anilines is 2. The van der Waals surface area contributed by atoms with Gasteiger partial charge in [0, 0.05) is 33.7 Å². The number of para-hydroxylation sites is 1. The number of benzene rings is 4.